The van der Waals surface area contributed by atoms with Gasteiger partial charge < -0.3 is 14.8 Å². The number of nitrogens with one attached hydrogen (secondary N) is 1. The quantitative estimate of drug-likeness (QED) is 0.739. The van der Waals surface area contributed by atoms with Crippen molar-refractivity contribution in [2.75, 3.05) is 18.5 Å². The van der Waals surface area contributed by atoms with Crippen molar-refractivity contribution in [3.8, 4) is 0 Å². The highest BCUT2D eigenvalue weighted by molar-refractivity contribution is 7.17. The first-order chi connectivity index (χ1) is 13.4. The molecular formula is C19H17F2NO5S. The molecule has 0 fully saturated rings. The number of anilines is 1. The van der Waals surface area contributed by atoms with E-state index in [1.165, 1.54) is 11.3 Å². The number of fused-ring (bicyclic) bond motifs is 1. The molecule has 0 saturated carbocycles. The Hall–Kier alpha value is -2.81. The van der Waals surface area contributed by atoms with E-state index in [-0.39, 0.29) is 12.2 Å². The molecule has 0 atom stereocenters. The average molecular weight is 409 g/mol. The van der Waals surface area contributed by atoms with Gasteiger partial charge in [0.1, 0.15) is 16.6 Å². The molecule has 28 heavy (non-hydrogen) atoms. The highest BCUT2D eigenvalue weighted by Gasteiger charge is 2.28. The van der Waals surface area contributed by atoms with E-state index in [1.807, 2.05) is 0 Å². The summed E-state index contributed by atoms with van der Waals surface area (Å²) in [7, 11) is 0. The van der Waals surface area contributed by atoms with Gasteiger partial charge >= 0.3 is 11.9 Å². The van der Waals surface area contributed by atoms with Gasteiger partial charge in [-0.2, -0.15) is 0 Å². The van der Waals surface area contributed by atoms with Crippen LogP contribution >= 0.6 is 11.3 Å². The van der Waals surface area contributed by atoms with Crippen LogP contribution in [0.15, 0.2) is 18.2 Å². The summed E-state index contributed by atoms with van der Waals surface area (Å²) < 4.78 is 36.2. The average Bonchev–Trinajstić information content (AvgIpc) is 3.19. The Morgan fingerprint density at radius 1 is 1.07 bits per heavy atom. The predicted octanol–water partition coefficient (Wildman–Crippen LogP) is 3.49. The minimum Gasteiger partial charge on any atom is -0.462 e. The van der Waals surface area contributed by atoms with Crippen molar-refractivity contribution in [3.05, 3.63) is 51.4 Å². The molecule has 0 unspecified atom stereocenters. The minimum absolute atomic E-state index is 0.207. The number of thiophene rings is 1. The normalized spacial score (nSPS) is 12.4. The van der Waals surface area contributed by atoms with Crippen molar-refractivity contribution < 1.29 is 32.6 Å². The lowest BCUT2D eigenvalue weighted by molar-refractivity contribution is -0.119. The van der Waals surface area contributed by atoms with Crippen LogP contribution in [0.25, 0.3) is 0 Å². The molecule has 0 bridgehead atoms. The summed E-state index contributed by atoms with van der Waals surface area (Å²) in [6, 6.07) is 2.24. The van der Waals surface area contributed by atoms with E-state index in [2.05, 4.69) is 5.32 Å². The van der Waals surface area contributed by atoms with Crippen molar-refractivity contribution in [1.29, 1.82) is 0 Å². The van der Waals surface area contributed by atoms with Crippen LogP contribution in [0.3, 0.4) is 0 Å². The van der Waals surface area contributed by atoms with Crippen LogP contribution in [-0.4, -0.2) is 31.1 Å². The van der Waals surface area contributed by atoms with Gasteiger partial charge in [0.05, 0.1) is 17.7 Å². The topological polar surface area (TPSA) is 81.7 Å². The molecule has 1 aromatic carbocycles. The Balaban J connectivity index is 1.67. The fourth-order valence-electron chi connectivity index (χ4n) is 2.96. The van der Waals surface area contributed by atoms with Crippen molar-refractivity contribution >= 4 is 34.2 Å². The van der Waals surface area contributed by atoms with Crippen LogP contribution < -0.4 is 5.32 Å². The Morgan fingerprint density at radius 3 is 2.46 bits per heavy atom. The van der Waals surface area contributed by atoms with Crippen molar-refractivity contribution in [3.63, 3.8) is 0 Å². The standard InChI is InChI=1S/C19H17F2NO5S/c1-2-26-19(25)16-13-4-3-5-14(13)28-17(16)22-15(23)9-27-18(24)10-6-11(20)8-12(21)7-10/h6-8H,2-5,9H2,1H3,(H,22,23). The smallest absolute Gasteiger partial charge is 0.341 e. The van der Waals surface area contributed by atoms with Gasteiger partial charge in [-0.3, -0.25) is 4.79 Å². The third-order valence-electron chi connectivity index (χ3n) is 4.09. The lowest BCUT2D eigenvalue weighted by Crippen LogP contribution is -2.22. The van der Waals surface area contributed by atoms with E-state index in [0.717, 1.165) is 41.8 Å². The number of esters is 2. The van der Waals surface area contributed by atoms with Crippen LogP contribution in [0.2, 0.25) is 0 Å². The highest BCUT2D eigenvalue weighted by Crippen LogP contribution is 2.39. The molecule has 1 N–H and O–H groups in total. The molecular weight excluding hydrogens is 392 g/mol. The molecule has 1 aromatic heterocycles. The predicted molar refractivity (Wildman–Crippen MR) is 97.6 cm³/mol. The third kappa shape index (κ3) is 4.36. The summed E-state index contributed by atoms with van der Waals surface area (Å²) in [5.41, 5.74) is 0.879. The number of carbonyl (C=O) groups excluding carboxylic acids is 3. The first kappa shape index (κ1) is 19.9. The number of benzene rings is 1. The van der Waals surface area contributed by atoms with E-state index in [9.17, 15) is 23.2 Å². The first-order valence-electron chi connectivity index (χ1n) is 8.63. The number of aryl methyl sites for hydroxylation is 1. The Morgan fingerprint density at radius 2 is 1.79 bits per heavy atom. The van der Waals surface area contributed by atoms with Crippen molar-refractivity contribution in [2.45, 2.75) is 26.2 Å². The SMILES string of the molecule is CCOC(=O)c1c(NC(=O)COC(=O)c2cc(F)cc(F)c2)sc2c1CCC2. The molecule has 3 rings (SSSR count). The zero-order valence-corrected chi connectivity index (χ0v) is 15.8. The van der Waals surface area contributed by atoms with Crippen molar-refractivity contribution in [1.82, 2.24) is 0 Å². The fourth-order valence-corrected chi connectivity index (χ4v) is 4.25. The maximum Gasteiger partial charge on any atom is 0.341 e. The molecule has 2 aromatic rings. The maximum atomic E-state index is 13.2. The number of ether oxygens (including phenoxy) is 2. The summed E-state index contributed by atoms with van der Waals surface area (Å²) in [5, 5.41) is 2.91. The van der Waals surface area contributed by atoms with Gasteiger partial charge in [-0.25, -0.2) is 18.4 Å². The Labute approximate surface area is 163 Å². The molecule has 0 aliphatic heterocycles. The molecule has 1 heterocycles. The van der Waals surface area contributed by atoms with Gasteiger partial charge in [0.15, 0.2) is 6.61 Å². The summed E-state index contributed by atoms with van der Waals surface area (Å²) >= 11 is 1.29. The summed E-state index contributed by atoms with van der Waals surface area (Å²) in [4.78, 5) is 37.3. The largest absolute Gasteiger partial charge is 0.462 e. The third-order valence-corrected chi connectivity index (χ3v) is 5.29. The maximum absolute atomic E-state index is 13.2. The molecule has 0 spiro atoms. The number of halogens is 2. The van der Waals surface area contributed by atoms with E-state index in [4.69, 9.17) is 9.47 Å². The fraction of sp³-hybridized carbons (Fsp3) is 0.316. The Kier molecular flexibility index (Phi) is 6.03. The number of carbonyl (C=O) groups is 3. The van der Waals surface area contributed by atoms with Crippen molar-refractivity contribution in [2.24, 2.45) is 0 Å². The molecule has 9 heteroatoms. The molecule has 1 aliphatic rings. The van der Waals surface area contributed by atoms with Gasteiger partial charge in [0, 0.05) is 10.9 Å². The summed E-state index contributed by atoms with van der Waals surface area (Å²) in [5.74, 6) is -4.07. The minimum atomic E-state index is -1.03. The monoisotopic (exact) mass is 409 g/mol. The molecule has 148 valence electrons. The second kappa shape index (κ2) is 8.47. The van der Waals surface area contributed by atoms with Gasteiger partial charge in [-0.15, -0.1) is 11.3 Å². The van der Waals surface area contributed by atoms with Crippen LogP contribution in [0, 0.1) is 11.6 Å². The summed E-state index contributed by atoms with van der Waals surface area (Å²) in [6.07, 6.45) is 2.49. The van der Waals surface area contributed by atoms with Crippen LogP contribution in [-0.2, 0) is 27.1 Å². The lowest BCUT2D eigenvalue weighted by atomic mass is 10.1. The first-order valence-corrected chi connectivity index (χ1v) is 9.45. The van der Waals surface area contributed by atoms with Gasteiger partial charge in [0.2, 0.25) is 0 Å². The lowest BCUT2D eigenvalue weighted by Gasteiger charge is -2.09. The summed E-state index contributed by atoms with van der Waals surface area (Å²) in [6.45, 7) is 1.23. The molecule has 0 radical (unpaired) electrons. The molecule has 0 saturated heterocycles. The van der Waals surface area contributed by atoms with E-state index >= 15 is 0 Å². The van der Waals surface area contributed by atoms with Gasteiger partial charge in [-0.1, -0.05) is 0 Å². The van der Waals surface area contributed by atoms with Gasteiger partial charge in [0.25, 0.3) is 5.91 Å². The van der Waals surface area contributed by atoms with Crippen LogP contribution in [0.4, 0.5) is 13.8 Å². The van der Waals surface area contributed by atoms with Crippen LogP contribution in [0.5, 0.6) is 0 Å². The molecule has 1 aliphatic carbocycles. The van der Waals surface area contributed by atoms with E-state index in [0.29, 0.717) is 16.6 Å². The Bertz CT molecular complexity index is 920. The second-order valence-electron chi connectivity index (χ2n) is 6.06. The van der Waals surface area contributed by atoms with Gasteiger partial charge in [-0.05, 0) is 43.9 Å². The number of amides is 1. The number of hydrogen-bond acceptors (Lipinski definition) is 6. The molecule has 1 amide bonds. The second-order valence-corrected chi connectivity index (χ2v) is 7.17. The van der Waals surface area contributed by atoms with Crippen LogP contribution in [0.1, 0.15) is 44.5 Å². The van der Waals surface area contributed by atoms with E-state index < -0.39 is 36.1 Å². The number of rotatable bonds is 6. The van der Waals surface area contributed by atoms with E-state index in [1.54, 1.807) is 6.92 Å². The highest BCUT2D eigenvalue weighted by atomic mass is 32.1. The molecule has 6 nitrogen and oxygen atoms in total. The zero-order valence-electron chi connectivity index (χ0n) is 15.0. The zero-order chi connectivity index (χ0) is 20.3. The number of hydrogen-bond donors (Lipinski definition) is 1.